The zero-order valence-electron chi connectivity index (χ0n) is 9.35. The second-order valence-corrected chi connectivity index (χ2v) is 5.72. The summed E-state index contributed by atoms with van der Waals surface area (Å²) in [5.74, 6) is 0. The van der Waals surface area contributed by atoms with Gasteiger partial charge < -0.3 is 5.32 Å². The van der Waals surface area contributed by atoms with Gasteiger partial charge in [0.25, 0.3) is 0 Å². The summed E-state index contributed by atoms with van der Waals surface area (Å²) in [6, 6.07) is 0.708. The summed E-state index contributed by atoms with van der Waals surface area (Å²) in [7, 11) is 0. The molecule has 2 fully saturated rings. The lowest BCUT2D eigenvalue weighted by atomic mass is 9.71. The van der Waals surface area contributed by atoms with Gasteiger partial charge in [-0.1, -0.05) is 13.8 Å². The van der Waals surface area contributed by atoms with Crippen molar-refractivity contribution in [2.24, 2.45) is 10.8 Å². The van der Waals surface area contributed by atoms with Crippen molar-refractivity contribution in [3.8, 4) is 0 Å². The Hall–Kier alpha value is -0.0800. The van der Waals surface area contributed by atoms with Crippen LogP contribution in [-0.4, -0.2) is 37.1 Å². The summed E-state index contributed by atoms with van der Waals surface area (Å²) < 4.78 is 0. The number of nitrogens with one attached hydrogen (secondary N) is 1. The molecule has 0 radical (unpaired) electrons. The van der Waals surface area contributed by atoms with E-state index in [-0.39, 0.29) is 0 Å². The van der Waals surface area contributed by atoms with Gasteiger partial charge in [-0.3, -0.25) is 4.90 Å². The Morgan fingerprint density at radius 1 is 1.08 bits per heavy atom. The zero-order valence-corrected chi connectivity index (χ0v) is 9.35. The van der Waals surface area contributed by atoms with Crippen molar-refractivity contribution in [2.75, 3.05) is 26.2 Å². The van der Waals surface area contributed by atoms with Crippen LogP contribution in [0.5, 0.6) is 0 Å². The standard InChI is InChI=1S/C11H22N2/c1-9(2)13-7-10(3)5-12-6-11(10,4)8-13/h9,12H,5-8H2,1-4H3/t10-,11-/m1/s1. The minimum Gasteiger partial charge on any atom is -0.316 e. The third kappa shape index (κ3) is 1.23. The molecule has 2 heterocycles. The van der Waals surface area contributed by atoms with E-state index in [1.165, 1.54) is 26.2 Å². The van der Waals surface area contributed by atoms with Crippen molar-refractivity contribution in [3.05, 3.63) is 0 Å². The Morgan fingerprint density at radius 3 is 1.92 bits per heavy atom. The highest BCUT2D eigenvalue weighted by molar-refractivity contribution is 5.08. The second-order valence-electron chi connectivity index (χ2n) is 5.72. The van der Waals surface area contributed by atoms with E-state index in [4.69, 9.17) is 0 Å². The normalized spacial score (nSPS) is 45.9. The molecule has 1 N–H and O–H groups in total. The SMILES string of the molecule is CC(C)N1C[C@@]2(C)CNC[C@]2(C)C1. The highest BCUT2D eigenvalue weighted by Gasteiger charge is 2.54. The zero-order chi connectivity index (χ0) is 9.69. The van der Waals surface area contributed by atoms with Crippen LogP contribution in [0.2, 0.25) is 0 Å². The van der Waals surface area contributed by atoms with Gasteiger partial charge >= 0.3 is 0 Å². The van der Waals surface area contributed by atoms with E-state index in [1.807, 2.05) is 0 Å². The Balaban J connectivity index is 2.18. The first kappa shape index (κ1) is 9.47. The van der Waals surface area contributed by atoms with Crippen molar-refractivity contribution in [2.45, 2.75) is 33.7 Å². The van der Waals surface area contributed by atoms with Crippen molar-refractivity contribution >= 4 is 0 Å². The fourth-order valence-electron chi connectivity index (χ4n) is 2.85. The molecule has 0 aromatic heterocycles. The molecule has 0 bridgehead atoms. The van der Waals surface area contributed by atoms with Gasteiger partial charge in [0.2, 0.25) is 0 Å². The van der Waals surface area contributed by atoms with E-state index in [0.717, 1.165) is 0 Å². The molecule has 2 heteroatoms. The van der Waals surface area contributed by atoms with Crippen molar-refractivity contribution < 1.29 is 0 Å². The van der Waals surface area contributed by atoms with E-state index < -0.39 is 0 Å². The number of hydrogen-bond donors (Lipinski definition) is 1. The van der Waals surface area contributed by atoms with Crippen molar-refractivity contribution in [1.29, 1.82) is 0 Å². The van der Waals surface area contributed by atoms with E-state index in [2.05, 4.69) is 37.9 Å². The molecule has 0 unspecified atom stereocenters. The first-order valence-corrected chi connectivity index (χ1v) is 5.42. The fourth-order valence-corrected chi connectivity index (χ4v) is 2.85. The fraction of sp³-hybridized carbons (Fsp3) is 1.00. The molecule has 2 aliphatic heterocycles. The average molecular weight is 182 g/mol. The number of rotatable bonds is 1. The van der Waals surface area contributed by atoms with Gasteiger partial charge in [0.1, 0.15) is 0 Å². The topological polar surface area (TPSA) is 15.3 Å². The first-order valence-electron chi connectivity index (χ1n) is 5.42. The van der Waals surface area contributed by atoms with Crippen molar-refractivity contribution in [3.63, 3.8) is 0 Å². The molecule has 13 heavy (non-hydrogen) atoms. The van der Waals surface area contributed by atoms with Crippen LogP contribution in [0.3, 0.4) is 0 Å². The van der Waals surface area contributed by atoms with E-state index >= 15 is 0 Å². The maximum absolute atomic E-state index is 3.54. The van der Waals surface area contributed by atoms with E-state index in [1.54, 1.807) is 0 Å². The molecule has 2 saturated heterocycles. The van der Waals surface area contributed by atoms with E-state index in [9.17, 15) is 0 Å². The van der Waals surface area contributed by atoms with Gasteiger partial charge in [-0.15, -0.1) is 0 Å². The maximum atomic E-state index is 3.54. The van der Waals surface area contributed by atoms with Crippen LogP contribution in [0, 0.1) is 10.8 Å². The van der Waals surface area contributed by atoms with Crippen LogP contribution < -0.4 is 5.32 Å². The maximum Gasteiger partial charge on any atom is 0.00566 e. The monoisotopic (exact) mass is 182 g/mol. The van der Waals surface area contributed by atoms with Gasteiger partial charge in [-0.25, -0.2) is 0 Å². The molecule has 0 amide bonds. The molecule has 2 aliphatic rings. The van der Waals surface area contributed by atoms with Crippen molar-refractivity contribution in [1.82, 2.24) is 10.2 Å². The predicted octanol–water partition coefficient (Wildman–Crippen LogP) is 1.33. The van der Waals surface area contributed by atoms with Crippen LogP contribution in [0.25, 0.3) is 0 Å². The molecule has 76 valence electrons. The molecule has 0 spiro atoms. The Bertz CT molecular complexity index is 196. The quantitative estimate of drug-likeness (QED) is 0.658. The third-order valence-corrected chi connectivity index (χ3v) is 4.32. The lowest BCUT2D eigenvalue weighted by Gasteiger charge is -2.31. The Morgan fingerprint density at radius 2 is 1.54 bits per heavy atom. The average Bonchev–Trinajstić information content (AvgIpc) is 2.38. The summed E-state index contributed by atoms with van der Waals surface area (Å²) in [4.78, 5) is 2.63. The summed E-state index contributed by atoms with van der Waals surface area (Å²) in [6.07, 6.45) is 0. The number of nitrogens with zero attached hydrogens (tertiary/aromatic N) is 1. The first-order chi connectivity index (χ1) is 5.97. The number of fused-ring (bicyclic) bond motifs is 1. The smallest absolute Gasteiger partial charge is 0.00566 e. The van der Waals surface area contributed by atoms with Gasteiger partial charge in [-0.2, -0.15) is 0 Å². The van der Waals surface area contributed by atoms with Gasteiger partial charge in [0, 0.05) is 43.1 Å². The summed E-state index contributed by atoms with van der Waals surface area (Å²) in [5.41, 5.74) is 1.02. The van der Waals surface area contributed by atoms with E-state index in [0.29, 0.717) is 16.9 Å². The Labute approximate surface area is 81.7 Å². The summed E-state index contributed by atoms with van der Waals surface area (Å²) >= 11 is 0. The minimum absolute atomic E-state index is 0.511. The van der Waals surface area contributed by atoms with Gasteiger partial charge in [0.05, 0.1) is 0 Å². The molecule has 0 saturated carbocycles. The molecule has 0 aromatic rings. The second kappa shape index (κ2) is 2.71. The molecular formula is C11H22N2. The number of hydrogen-bond acceptors (Lipinski definition) is 2. The van der Waals surface area contributed by atoms with Crippen LogP contribution in [0.15, 0.2) is 0 Å². The highest BCUT2D eigenvalue weighted by Crippen LogP contribution is 2.48. The predicted molar refractivity (Wildman–Crippen MR) is 55.8 cm³/mol. The highest BCUT2D eigenvalue weighted by atomic mass is 15.2. The van der Waals surface area contributed by atoms with Crippen LogP contribution in [-0.2, 0) is 0 Å². The summed E-state index contributed by atoms with van der Waals surface area (Å²) in [6.45, 7) is 14.4. The van der Waals surface area contributed by atoms with Gasteiger partial charge in [-0.05, 0) is 13.8 Å². The van der Waals surface area contributed by atoms with Crippen LogP contribution in [0.4, 0.5) is 0 Å². The molecular weight excluding hydrogens is 160 g/mol. The minimum atomic E-state index is 0.511. The molecule has 0 aromatic carbocycles. The molecule has 2 rings (SSSR count). The summed E-state index contributed by atoms with van der Waals surface area (Å²) in [5, 5.41) is 3.54. The molecule has 2 nitrogen and oxygen atoms in total. The lowest BCUT2D eigenvalue weighted by molar-refractivity contribution is 0.212. The molecule has 0 aliphatic carbocycles. The lowest BCUT2D eigenvalue weighted by Crippen LogP contribution is -2.34. The molecule has 2 atom stereocenters. The largest absolute Gasteiger partial charge is 0.316 e. The third-order valence-electron chi connectivity index (χ3n) is 4.32. The Kier molecular flexibility index (Phi) is 1.97. The number of likely N-dealkylation sites (tertiary alicyclic amines) is 1. The van der Waals surface area contributed by atoms with Gasteiger partial charge in [0.15, 0.2) is 0 Å². The van der Waals surface area contributed by atoms with Crippen LogP contribution in [0.1, 0.15) is 27.7 Å². The van der Waals surface area contributed by atoms with Crippen LogP contribution >= 0.6 is 0 Å².